The Morgan fingerprint density at radius 1 is 1.42 bits per heavy atom. The van der Waals surface area contributed by atoms with Gasteiger partial charge in [-0.05, 0) is 22.0 Å². The molecule has 12 heavy (non-hydrogen) atoms. The number of anilines is 2. The summed E-state index contributed by atoms with van der Waals surface area (Å²) in [5, 5.41) is 0. The fourth-order valence-corrected chi connectivity index (χ4v) is 1.02. The average molecular weight is 238 g/mol. The summed E-state index contributed by atoms with van der Waals surface area (Å²) < 4.78 is 24.6. The van der Waals surface area contributed by atoms with Crippen molar-refractivity contribution < 1.29 is 8.78 Å². The number of nitrogens with two attached hydrogens (primary N) is 2. The molecule has 0 bridgehead atoms. The number of nitrogens with zero attached hydrogens (tertiary/aromatic N) is 1. The number of aromatic nitrogens is 1. The molecule has 4 N–H and O–H groups in total. The maximum absolute atomic E-state index is 12.1. The minimum Gasteiger partial charge on any atom is -0.397 e. The molecule has 1 rings (SSSR count). The quantitative estimate of drug-likeness (QED) is 0.735. The normalized spacial score (nSPS) is 10.7. The van der Waals surface area contributed by atoms with E-state index in [1.807, 2.05) is 0 Å². The Morgan fingerprint density at radius 3 is 2.50 bits per heavy atom. The Kier molecular flexibility index (Phi) is 2.46. The minimum atomic E-state index is -2.65. The summed E-state index contributed by atoms with van der Waals surface area (Å²) in [6.45, 7) is 0. The fraction of sp³-hybridized carbons (Fsp3) is 0.167. The van der Waals surface area contributed by atoms with Gasteiger partial charge in [-0.1, -0.05) is 0 Å². The van der Waals surface area contributed by atoms with Crippen molar-refractivity contribution >= 4 is 27.4 Å². The van der Waals surface area contributed by atoms with E-state index < -0.39 is 6.43 Å². The van der Waals surface area contributed by atoms with Gasteiger partial charge in [-0.2, -0.15) is 0 Å². The van der Waals surface area contributed by atoms with E-state index in [1.165, 1.54) is 0 Å². The predicted octanol–water partition coefficient (Wildman–Crippen LogP) is 1.95. The molecule has 0 unspecified atom stereocenters. The monoisotopic (exact) mass is 237 g/mol. The molecule has 0 saturated carbocycles. The molecular weight excluding hydrogens is 232 g/mol. The van der Waals surface area contributed by atoms with Gasteiger partial charge in [-0.15, -0.1) is 0 Å². The first-order valence-electron chi connectivity index (χ1n) is 3.02. The Labute approximate surface area is 75.9 Å². The van der Waals surface area contributed by atoms with Gasteiger partial charge in [0.25, 0.3) is 6.43 Å². The van der Waals surface area contributed by atoms with Crippen LogP contribution >= 0.6 is 15.9 Å². The number of pyridine rings is 1. The molecule has 0 aliphatic heterocycles. The molecule has 0 aliphatic rings. The molecular formula is C6H6BrF2N3. The highest BCUT2D eigenvalue weighted by Gasteiger charge is 2.14. The number of alkyl halides is 2. The molecule has 66 valence electrons. The van der Waals surface area contributed by atoms with E-state index >= 15 is 0 Å². The molecule has 0 atom stereocenters. The van der Waals surface area contributed by atoms with Crippen molar-refractivity contribution in [1.29, 1.82) is 0 Å². The summed E-state index contributed by atoms with van der Waals surface area (Å²) in [6, 6.07) is 1.11. The standard InChI is InChI=1S/C6H6BrF2N3/c7-4-3(10)1-2(5(8)9)6(11)12-4/h1,5H,10H2,(H2,11,12). The van der Waals surface area contributed by atoms with Gasteiger partial charge in [0.1, 0.15) is 10.4 Å². The van der Waals surface area contributed by atoms with Gasteiger partial charge < -0.3 is 11.5 Å². The van der Waals surface area contributed by atoms with E-state index in [2.05, 4.69) is 20.9 Å². The lowest BCUT2D eigenvalue weighted by Crippen LogP contribution is -2.01. The number of rotatable bonds is 1. The number of halogens is 3. The van der Waals surface area contributed by atoms with Gasteiger partial charge in [0.2, 0.25) is 0 Å². The van der Waals surface area contributed by atoms with E-state index in [9.17, 15) is 8.78 Å². The van der Waals surface area contributed by atoms with Crippen molar-refractivity contribution in [1.82, 2.24) is 4.98 Å². The van der Waals surface area contributed by atoms with E-state index in [0.717, 1.165) is 6.07 Å². The summed E-state index contributed by atoms with van der Waals surface area (Å²) >= 11 is 2.97. The van der Waals surface area contributed by atoms with Crippen molar-refractivity contribution in [3.8, 4) is 0 Å². The summed E-state index contributed by atoms with van der Waals surface area (Å²) in [7, 11) is 0. The Bertz CT molecular complexity index is 303. The zero-order valence-electron chi connectivity index (χ0n) is 5.89. The number of nitrogen functional groups attached to an aromatic ring is 2. The van der Waals surface area contributed by atoms with E-state index in [0.29, 0.717) is 0 Å². The largest absolute Gasteiger partial charge is 0.397 e. The van der Waals surface area contributed by atoms with Crippen molar-refractivity contribution in [2.75, 3.05) is 11.5 Å². The van der Waals surface area contributed by atoms with Crippen LogP contribution in [0.5, 0.6) is 0 Å². The molecule has 0 radical (unpaired) electrons. The van der Waals surface area contributed by atoms with Gasteiger partial charge in [0.05, 0.1) is 11.3 Å². The topological polar surface area (TPSA) is 64.9 Å². The maximum Gasteiger partial charge on any atom is 0.267 e. The van der Waals surface area contributed by atoms with Crippen LogP contribution in [0.15, 0.2) is 10.7 Å². The van der Waals surface area contributed by atoms with Gasteiger partial charge in [-0.3, -0.25) is 0 Å². The first-order chi connectivity index (χ1) is 5.52. The second-order valence-corrected chi connectivity index (χ2v) is 2.89. The van der Waals surface area contributed by atoms with Crippen LogP contribution in [0.4, 0.5) is 20.3 Å². The minimum absolute atomic E-state index is 0.152. The summed E-state index contributed by atoms with van der Waals surface area (Å²) in [5.74, 6) is -0.203. The predicted molar refractivity (Wildman–Crippen MR) is 45.7 cm³/mol. The van der Waals surface area contributed by atoms with Crippen LogP contribution in [0, 0.1) is 0 Å². The highest BCUT2D eigenvalue weighted by atomic mass is 79.9. The van der Waals surface area contributed by atoms with Gasteiger partial charge in [0, 0.05) is 0 Å². The van der Waals surface area contributed by atoms with Crippen molar-refractivity contribution in [3.63, 3.8) is 0 Å². The second-order valence-electron chi connectivity index (χ2n) is 2.14. The van der Waals surface area contributed by atoms with Gasteiger partial charge in [-0.25, -0.2) is 13.8 Å². The van der Waals surface area contributed by atoms with E-state index in [1.54, 1.807) is 0 Å². The van der Waals surface area contributed by atoms with Crippen LogP contribution in [0.3, 0.4) is 0 Å². The van der Waals surface area contributed by atoms with Crippen molar-refractivity contribution in [2.45, 2.75) is 6.43 Å². The molecule has 0 spiro atoms. The maximum atomic E-state index is 12.1. The van der Waals surface area contributed by atoms with Gasteiger partial charge in [0.15, 0.2) is 0 Å². The molecule has 6 heteroatoms. The molecule has 3 nitrogen and oxygen atoms in total. The van der Waals surface area contributed by atoms with Crippen LogP contribution in [-0.4, -0.2) is 4.98 Å². The average Bonchev–Trinajstić information content (AvgIpc) is 1.96. The van der Waals surface area contributed by atoms with Crippen molar-refractivity contribution in [3.05, 3.63) is 16.2 Å². The molecule has 1 aromatic heterocycles. The van der Waals surface area contributed by atoms with Crippen LogP contribution in [0.2, 0.25) is 0 Å². The van der Waals surface area contributed by atoms with Crippen LogP contribution in [0.1, 0.15) is 12.0 Å². The molecule has 0 fully saturated rings. The Morgan fingerprint density at radius 2 is 2.00 bits per heavy atom. The first kappa shape index (κ1) is 9.18. The third-order valence-corrected chi connectivity index (χ3v) is 1.93. The fourth-order valence-electron chi connectivity index (χ4n) is 0.711. The summed E-state index contributed by atoms with van der Waals surface area (Å²) in [4.78, 5) is 3.58. The van der Waals surface area contributed by atoms with E-state index in [-0.39, 0.29) is 21.7 Å². The second kappa shape index (κ2) is 3.22. The van der Waals surface area contributed by atoms with Crippen LogP contribution in [0.25, 0.3) is 0 Å². The lowest BCUT2D eigenvalue weighted by atomic mass is 10.2. The smallest absolute Gasteiger partial charge is 0.267 e. The van der Waals surface area contributed by atoms with Crippen LogP contribution < -0.4 is 11.5 Å². The molecule has 0 aromatic carbocycles. The molecule has 0 amide bonds. The Hall–Kier alpha value is -0.910. The first-order valence-corrected chi connectivity index (χ1v) is 3.81. The lowest BCUT2D eigenvalue weighted by Gasteiger charge is -2.05. The number of hydrogen-bond acceptors (Lipinski definition) is 3. The van der Waals surface area contributed by atoms with Crippen molar-refractivity contribution in [2.24, 2.45) is 0 Å². The Balaban J connectivity index is 3.23. The molecule has 0 saturated heterocycles. The third-order valence-electron chi connectivity index (χ3n) is 1.30. The third kappa shape index (κ3) is 1.63. The zero-order chi connectivity index (χ0) is 9.30. The zero-order valence-corrected chi connectivity index (χ0v) is 7.48. The highest BCUT2D eigenvalue weighted by molar-refractivity contribution is 9.10. The highest BCUT2D eigenvalue weighted by Crippen LogP contribution is 2.28. The van der Waals surface area contributed by atoms with E-state index in [4.69, 9.17) is 11.5 Å². The van der Waals surface area contributed by atoms with Gasteiger partial charge >= 0.3 is 0 Å². The number of hydrogen-bond donors (Lipinski definition) is 2. The summed E-state index contributed by atoms with van der Waals surface area (Å²) in [5.41, 5.74) is 10.4. The molecule has 1 aromatic rings. The van der Waals surface area contributed by atoms with Crippen LogP contribution in [-0.2, 0) is 0 Å². The summed E-state index contributed by atoms with van der Waals surface area (Å²) in [6.07, 6.45) is -2.65. The molecule has 0 aliphatic carbocycles. The SMILES string of the molecule is Nc1cc(C(F)F)c(N)nc1Br. The molecule has 1 heterocycles. The lowest BCUT2D eigenvalue weighted by molar-refractivity contribution is 0.152.